The highest BCUT2D eigenvalue weighted by atomic mass is 79.9. The molecule has 4 heteroatoms. The number of fused-ring (bicyclic) bond motifs is 1. The van der Waals surface area contributed by atoms with E-state index in [1.54, 1.807) is 0 Å². The van der Waals surface area contributed by atoms with Crippen LogP contribution in [0, 0.1) is 0 Å². The Morgan fingerprint density at radius 3 is 2.85 bits per heavy atom. The van der Waals surface area contributed by atoms with E-state index in [4.69, 9.17) is 4.74 Å². The van der Waals surface area contributed by atoms with Crippen molar-refractivity contribution in [1.29, 1.82) is 0 Å². The lowest BCUT2D eigenvalue weighted by molar-refractivity contribution is 0.0295. The number of hydrogen-bond acceptors (Lipinski definition) is 3. The van der Waals surface area contributed by atoms with Crippen LogP contribution < -0.4 is 10.1 Å². The molecular formula is C16H24BrNO2. The minimum absolute atomic E-state index is 0.255. The molecule has 2 N–H and O–H groups in total. The number of nitrogens with one attached hydrogen (secondary N) is 1. The molecule has 0 spiro atoms. The fourth-order valence-corrected chi connectivity index (χ4v) is 2.91. The van der Waals surface area contributed by atoms with E-state index in [1.165, 1.54) is 5.56 Å². The summed E-state index contributed by atoms with van der Waals surface area (Å²) in [7, 11) is 0. The zero-order chi connectivity index (χ0) is 14.6. The summed E-state index contributed by atoms with van der Waals surface area (Å²) in [5, 5.41) is 14.0. The number of aliphatic hydroxyl groups is 1. The maximum Gasteiger partial charge on any atom is 0.125 e. The van der Waals surface area contributed by atoms with Crippen LogP contribution in [0.3, 0.4) is 0 Å². The average Bonchev–Trinajstić information content (AvgIpc) is 2.66. The Hall–Kier alpha value is -0.580. The third-order valence-electron chi connectivity index (χ3n) is 4.24. The van der Waals surface area contributed by atoms with Crippen LogP contribution >= 0.6 is 15.9 Å². The van der Waals surface area contributed by atoms with E-state index in [-0.39, 0.29) is 6.04 Å². The fraction of sp³-hybridized carbons (Fsp3) is 0.625. The van der Waals surface area contributed by atoms with Crippen molar-refractivity contribution < 1.29 is 9.84 Å². The van der Waals surface area contributed by atoms with E-state index >= 15 is 0 Å². The summed E-state index contributed by atoms with van der Waals surface area (Å²) in [4.78, 5) is 0. The van der Waals surface area contributed by atoms with Gasteiger partial charge in [-0.1, -0.05) is 35.8 Å². The predicted octanol–water partition coefficient (Wildman–Crippen LogP) is 3.80. The molecule has 0 fully saturated rings. The Bertz CT molecular complexity index is 446. The third-order valence-corrected chi connectivity index (χ3v) is 4.73. The van der Waals surface area contributed by atoms with Crippen LogP contribution in [0.25, 0.3) is 0 Å². The van der Waals surface area contributed by atoms with Crippen LogP contribution in [0.1, 0.15) is 51.1 Å². The third kappa shape index (κ3) is 3.74. The topological polar surface area (TPSA) is 41.5 Å². The molecule has 0 amide bonds. The van der Waals surface area contributed by atoms with Crippen LogP contribution in [0.4, 0.5) is 0 Å². The van der Waals surface area contributed by atoms with Crippen molar-refractivity contribution in [3.63, 3.8) is 0 Å². The predicted molar refractivity (Wildman–Crippen MR) is 85.1 cm³/mol. The minimum Gasteiger partial charge on any atom is -0.493 e. The Morgan fingerprint density at radius 1 is 1.40 bits per heavy atom. The number of benzene rings is 1. The Kier molecular flexibility index (Phi) is 5.47. The molecule has 0 aromatic heterocycles. The molecule has 20 heavy (non-hydrogen) atoms. The number of rotatable bonds is 5. The first kappa shape index (κ1) is 15.8. The second kappa shape index (κ2) is 6.92. The van der Waals surface area contributed by atoms with Gasteiger partial charge in [-0.3, -0.25) is 0 Å². The van der Waals surface area contributed by atoms with Gasteiger partial charge < -0.3 is 15.2 Å². The summed E-state index contributed by atoms with van der Waals surface area (Å²) in [6, 6.07) is 6.44. The summed E-state index contributed by atoms with van der Waals surface area (Å²) >= 11 is 3.49. The van der Waals surface area contributed by atoms with Crippen molar-refractivity contribution in [2.24, 2.45) is 0 Å². The van der Waals surface area contributed by atoms with Crippen LogP contribution in [0.15, 0.2) is 22.7 Å². The average molecular weight is 342 g/mol. The van der Waals surface area contributed by atoms with Gasteiger partial charge in [0.2, 0.25) is 0 Å². The van der Waals surface area contributed by atoms with E-state index in [1.807, 2.05) is 26.0 Å². The van der Waals surface area contributed by atoms with Crippen molar-refractivity contribution in [2.75, 3.05) is 13.2 Å². The Labute approximate surface area is 129 Å². The summed E-state index contributed by atoms with van der Waals surface area (Å²) in [6.45, 7) is 5.45. The zero-order valence-electron chi connectivity index (χ0n) is 12.3. The van der Waals surface area contributed by atoms with Gasteiger partial charge in [0.15, 0.2) is 0 Å². The molecule has 1 unspecified atom stereocenters. The Morgan fingerprint density at radius 2 is 2.15 bits per heavy atom. The molecule has 3 nitrogen and oxygen atoms in total. The number of ether oxygens (including phenoxy) is 1. The lowest BCUT2D eigenvalue weighted by atomic mass is 9.95. The molecule has 1 atom stereocenters. The van der Waals surface area contributed by atoms with Crippen LogP contribution in [-0.2, 0) is 0 Å². The molecule has 1 aromatic rings. The van der Waals surface area contributed by atoms with Crippen LogP contribution in [0.2, 0.25) is 0 Å². The zero-order valence-corrected chi connectivity index (χ0v) is 13.9. The standard InChI is InChI=1S/C16H24BrNO2/c1-3-16(19,4-2)11-18-14-6-5-9-20-15-10-12(17)7-8-13(14)15/h7-8,10,14,18-19H,3-6,9,11H2,1-2H3. The monoisotopic (exact) mass is 341 g/mol. The SMILES string of the molecule is CCC(O)(CC)CNC1CCCOc2cc(Br)ccc21. The highest BCUT2D eigenvalue weighted by Gasteiger charge is 2.26. The number of hydrogen-bond donors (Lipinski definition) is 2. The molecule has 1 aromatic carbocycles. The van der Waals surface area contributed by atoms with E-state index in [0.717, 1.165) is 42.5 Å². The molecule has 1 aliphatic heterocycles. The second-order valence-electron chi connectivity index (χ2n) is 5.54. The first-order valence-corrected chi connectivity index (χ1v) is 8.25. The van der Waals surface area contributed by atoms with Crippen molar-refractivity contribution in [3.05, 3.63) is 28.2 Å². The van der Waals surface area contributed by atoms with Gasteiger partial charge in [-0.15, -0.1) is 0 Å². The lowest BCUT2D eigenvalue weighted by Gasteiger charge is -2.29. The molecular weight excluding hydrogens is 318 g/mol. The maximum absolute atomic E-state index is 10.4. The van der Waals surface area contributed by atoms with E-state index in [9.17, 15) is 5.11 Å². The normalized spacial score (nSPS) is 19.1. The minimum atomic E-state index is -0.608. The summed E-state index contributed by atoms with van der Waals surface area (Å²) in [5.74, 6) is 0.950. The molecule has 0 saturated heterocycles. The van der Waals surface area contributed by atoms with Gasteiger partial charge in [-0.05, 0) is 37.8 Å². The molecule has 0 saturated carbocycles. The van der Waals surface area contributed by atoms with Crippen LogP contribution in [0.5, 0.6) is 5.75 Å². The molecule has 1 heterocycles. The maximum atomic E-state index is 10.4. The first-order chi connectivity index (χ1) is 9.58. The van der Waals surface area contributed by atoms with Crippen molar-refractivity contribution in [1.82, 2.24) is 5.32 Å². The fourth-order valence-electron chi connectivity index (χ4n) is 2.57. The van der Waals surface area contributed by atoms with Crippen molar-refractivity contribution in [3.8, 4) is 5.75 Å². The molecule has 0 radical (unpaired) electrons. The van der Waals surface area contributed by atoms with Gasteiger partial charge in [-0.25, -0.2) is 0 Å². The van der Waals surface area contributed by atoms with E-state index < -0.39 is 5.60 Å². The summed E-state index contributed by atoms with van der Waals surface area (Å²) in [5.41, 5.74) is 0.586. The lowest BCUT2D eigenvalue weighted by Crippen LogP contribution is -2.40. The Balaban J connectivity index is 2.12. The molecule has 112 valence electrons. The van der Waals surface area contributed by atoms with Gasteiger partial charge in [0, 0.05) is 22.6 Å². The summed E-state index contributed by atoms with van der Waals surface area (Å²) in [6.07, 6.45) is 3.61. The van der Waals surface area contributed by atoms with Gasteiger partial charge in [0.05, 0.1) is 12.2 Å². The molecule has 0 aliphatic carbocycles. The van der Waals surface area contributed by atoms with Gasteiger partial charge in [-0.2, -0.15) is 0 Å². The van der Waals surface area contributed by atoms with Gasteiger partial charge in [0.25, 0.3) is 0 Å². The highest BCUT2D eigenvalue weighted by Crippen LogP contribution is 2.34. The quantitative estimate of drug-likeness (QED) is 0.855. The van der Waals surface area contributed by atoms with Crippen molar-refractivity contribution >= 4 is 15.9 Å². The summed E-state index contributed by atoms with van der Waals surface area (Å²) < 4.78 is 6.85. The van der Waals surface area contributed by atoms with Crippen molar-refractivity contribution in [2.45, 2.75) is 51.2 Å². The van der Waals surface area contributed by atoms with Crippen LogP contribution in [-0.4, -0.2) is 23.9 Å². The van der Waals surface area contributed by atoms with Gasteiger partial charge in [0.1, 0.15) is 5.75 Å². The first-order valence-electron chi connectivity index (χ1n) is 7.46. The number of halogens is 1. The molecule has 1 aliphatic rings. The van der Waals surface area contributed by atoms with E-state index in [0.29, 0.717) is 6.54 Å². The smallest absolute Gasteiger partial charge is 0.125 e. The largest absolute Gasteiger partial charge is 0.493 e. The van der Waals surface area contributed by atoms with E-state index in [2.05, 4.69) is 27.3 Å². The molecule has 2 rings (SSSR count). The molecule has 0 bridgehead atoms. The van der Waals surface area contributed by atoms with Gasteiger partial charge >= 0.3 is 0 Å². The second-order valence-corrected chi connectivity index (χ2v) is 6.45. The highest BCUT2D eigenvalue weighted by molar-refractivity contribution is 9.10.